The maximum atomic E-state index is 13.0. The first-order chi connectivity index (χ1) is 9.39. The van der Waals surface area contributed by atoms with Crippen molar-refractivity contribution in [2.45, 2.75) is 19.1 Å². The van der Waals surface area contributed by atoms with Crippen molar-refractivity contribution in [2.75, 3.05) is 0 Å². The second-order valence-electron chi connectivity index (χ2n) is 4.00. The maximum Gasteiger partial charge on any atom is 0.412 e. The van der Waals surface area contributed by atoms with E-state index < -0.39 is 18.1 Å². The van der Waals surface area contributed by atoms with Gasteiger partial charge in [0, 0.05) is 18.0 Å². The zero-order valence-electron chi connectivity index (χ0n) is 10.3. The summed E-state index contributed by atoms with van der Waals surface area (Å²) < 4.78 is 43.8. The van der Waals surface area contributed by atoms with Crippen molar-refractivity contribution in [1.82, 2.24) is 15.3 Å². The Morgan fingerprint density at radius 2 is 2.20 bits per heavy atom. The quantitative estimate of drug-likeness (QED) is 0.940. The summed E-state index contributed by atoms with van der Waals surface area (Å²) in [5.74, 6) is -1.23. The average Bonchev–Trinajstić information content (AvgIpc) is 2.82. The molecular formula is C12H10F3N3O2. The topological polar surface area (TPSA) is 68.0 Å². The SMILES string of the molecule is Cc1ncoc1C(=O)N[C@@H](c1cccnc1)C(F)(F)F. The monoisotopic (exact) mass is 285 g/mol. The lowest BCUT2D eigenvalue weighted by molar-refractivity contribution is -0.155. The van der Waals surface area contributed by atoms with Crippen molar-refractivity contribution in [3.05, 3.63) is 47.9 Å². The summed E-state index contributed by atoms with van der Waals surface area (Å²) in [6.45, 7) is 1.46. The highest BCUT2D eigenvalue weighted by Gasteiger charge is 2.42. The molecule has 0 aliphatic carbocycles. The number of carbonyl (C=O) groups is 1. The molecule has 0 saturated heterocycles. The minimum absolute atomic E-state index is 0.162. The van der Waals surface area contributed by atoms with Gasteiger partial charge < -0.3 is 9.73 Å². The highest BCUT2D eigenvalue weighted by atomic mass is 19.4. The molecule has 1 N–H and O–H groups in total. The van der Waals surface area contributed by atoms with Crippen LogP contribution >= 0.6 is 0 Å². The summed E-state index contributed by atoms with van der Waals surface area (Å²) in [5.41, 5.74) is 0.0557. The minimum atomic E-state index is -4.65. The molecule has 0 aliphatic heterocycles. The smallest absolute Gasteiger partial charge is 0.412 e. The van der Waals surface area contributed by atoms with Gasteiger partial charge in [-0.25, -0.2) is 4.98 Å². The molecule has 2 heterocycles. The van der Waals surface area contributed by atoms with Crippen LogP contribution in [0.5, 0.6) is 0 Å². The molecule has 106 valence electrons. The normalized spacial score (nSPS) is 13.0. The van der Waals surface area contributed by atoms with Crippen molar-refractivity contribution >= 4 is 5.91 Å². The number of carbonyl (C=O) groups excluding carboxylic acids is 1. The first kappa shape index (κ1) is 14.0. The molecule has 0 unspecified atom stereocenters. The van der Waals surface area contributed by atoms with Gasteiger partial charge >= 0.3 is 6.18 Å². The molecule has 2 aromatic heterocycles. The summed E-state index contributed by atoms with van der Waals surface area (Å²) in [5, 5.41) is 1.88. The number of hydrogen-bond donors (Lipinski definition) is 1. The fourth-order valence-corrected chi connectivity index (χ4v) is 1.62. The lowest BCUT2D eigenvalue weighted by Gasteiger charge is -2.21. The van der Waals surface area contributed by atoms with E-state index in [-0.39, 0.29) is 17.0 Å². The number of hydrogen-bond acceptors (Lipinski definition) is 4. The predicted octanol–water partition coefficient (Wildman–Crippen LogP) is 2.41. The average molecular weight is 285 g/mol. The minimum Gasteiger partial charge on any atom is -0.438 e. The van der Waals surface area contributed by atoms with Gasteiger partial charge in [0.25, 0.3) is 5.91 Å². The van der Waals surface area contributed by atoms with Crippen molar-refractivity contribution in [2.24, 2.45) is 0 Å². The summed E-state index contributed by atoms with van der Waals surface area (Å²) >= 11 is 0. The predicted molar refractivity (Wildman–Crippen MR) is 61.7 cm³/mol. The number of nitrogens with zero attached hydrogens (tertiary/aromatic N) is 2. The lowest BCUT2D eigenvalue weighted by atomic mass is 10.1. The number of oxazole rings is 1. The highest BCUT2D eigenvalue weighted by molar-refractivity contribution is 5.92. The number of alkyl halides is 3. The molecule has 0 fully saturated rings. The van der Waals surface area contributed by atoms with Crippen molar-refractivity contribution in [3.8, 4) is 0 Å². The molecule has 1 amide bonds. The molecule has 0 aromatic carbocycles. The van der Waals surface area contributed by atoms with E-state index in [4.69, 9.17) is 4.42 Å². The number of rotatable bonds is 3. The highest BCUT2D eigenvalue weighted by Crippen LogP contribution is 2.32. The van der Waals surface area contributed by atoms with Crippen molar-refractivity contribution in [1.29, 1.82) is 0 Å². The Hall–Kier alpha value is -2.38. The van der Waals surface area contributed by atoms with Gasteiger partial charge in [-0.1, -0.05) is 6.07 Å². The van der Waals surface area contributed by atoms with E-state index in [1.165, 1.54) is 25.3 Å². The van der Waals surface area contributed by atoms with Gasteiger partial charge in [0.2, 0.25) is 5.76 Å². The third-order valence-electron chi connectivity index (χ3n) is 2.57. The second-order valence-corrected chi connectivity index (χ2v) is 4.00. The Morgan fingerprint density at radius 1 is 1.45 bits per heavy atom. The van der Waals surface area contributed by atoms with E-state index in [0.717, 1.165) is 12.6 Å². The zero-order chi connectivity index (χ0) is 14.8. The van der Waals surface area contributed by atoms with Crippen LogP contribution < -0.4 is 5.32 Å². The number of amides is 1. The van der Waals surface area contributed by atoms with E-state index in [9.17, 15) is 18.0 Å². The van der Waals surface area contributed by atoms with Crippen molar-refractivity contribution in [3.63, 3.8) is 0 Å². The maximum absolute atomic E-state index is 13.0. The number of aromatic nitrogens is 2. The summed E-state index contributed by atoms with van der Waals surface area (Å²) in [6.07, 6.45) is -1.26. The van der Waals surface area contributed by atoms with E-state index in [1.54, 1.807) is 0 Å². The number of nitrogens with one attached hydrogen (secondary N) is 1. The van der Waals surface area contributed by atoms with Crippen LogP contribution in [0.3, 0.4) is 0 Å². The molecule has 0 spiro atoms. The van der Waals surface area contributed by atoms with Crippen LogP contribution in [-0.4, -0.2) is 22.1 Å². The Morgan fingerprint density at radius 3 is 2.70 bits per heavy atom. The van der Waals surface area contributed by atoms with Crippen LogP contribution in [0.15, 0.2) is 35.3 Å². The number of halogens is 3. The molecule has 0 bridgehead atoms. The first-order valence-electron chi connectivity index (χ1n) is 5.57. The van der Waals surface area contributed by atoms with Gasteiger partial charge in [0.15, 0.2) is 12.4 Å². The van der Waals surface area contributed by atoms with Gasteiger partial charge in [-0.05, 0) is 13.0 Å². The fourth-order valence-electron chi connectivity index (χ4n) is 1.62. The van der Waals surface area contributed by atoms with Crippen LogP contribution in [0.1, 0.15) is 27.9 Å². The number of aryl methyl sites for hydroxylation is 1. The molecule has 5 nitrogen and oxygen atoms in total. The zero-order valence-corrected chi connectivity index (χ0v) is 10.3. The van der Waals surface area contributed by atoms with Crippen LogP contribution in [0.25, 0.3) is 0 Å². The standard InChI is InChI=1S/C12H10F3N3O2/c1-7-9(20-6-17-7)11(19)18-10(12(13,14)15)8-3-2-4-16-5-8/h2-6,10H,1H3,(H,18,19)/t10-/m0/s1. The Bertz CT molecular complexity index is 595. The molecular weight excluding hydrogens is 275 g/mol. The van der Waals surface area contributed by atoms with E-state index in [1.807, 2.05) is 5.32 Å². The molecule has 2 aromatic rings. The van der Waals surface area contributed by atoms with Crippen LogP contribution in [-0.2, 0) is 0 Å². The van der Waals surface area contributed by atoms with E-state index >= 15 is 0 Å². The van der Waals surface area contributed by atoms with Crippen LogP contribution in [0, 0.1) is 6.92 Å². The molecule has 8 heteroatoms. The molecule has 0 aliphatic rings. The summed E-state index contributed by atoms with van der Waals surface area (Å²) in [6, 6.07) is 0.437. The second kappa shape index (κ2) is 5.32. The molecule has 2 rings (SSSR count). The summed E-state index contributed by atoms with van der Waals surface area (Å²) in [7, 11) is 0. The largest absolute Gasteiger partial charge is 0.438 e. The molecule has 20 heavy (non-hydrogen) atoms. The fraction of sp³-hybridized carbons (Fsp3) is 0.250. The molecule has 0 saturated carbocycles. The molecule has 1 atom stereocenters. The Balaban J connectivity index is 2.26. The van der Waals surface area contributed by atoms with E-state index in [0.29, 0.717) is 0 Å². The summed E-state index contributed by atoms with van der Waals surface area (Å²) in [4.78, 5) is 19.1. The van der Waals surface area contributed by atoms with Crippen LogP contribution in [0.4, 0.5) is 13.2 Å². The van der Waals surface area contributed by atoms with Crippen molar-refractivity contribution < 1.29 is 22.4 Å². The van der Waals surface area contributed by atoms with Gasteiger partial charge in [-0.3, -0.25) is 9.78 Å². The van der Waals surface area contributed by atoms with E-state index in [2.05, 4.69) is 9.97 Å². The van der Waals surface area contributed by atoms with Gasteiger partial charge in [0.05, 0.1) is 5.69 Å². The van der Waals surface area contributed by atoms with Gasteiger partial charge in [-0.15, -0.1) is 0 Å². The third kappa shape index (κ3) is 2.95. The van der Waals surface area contributed by atoms with Crippen LogP contribution in [0.2, 0.25) is 0 Å². The Kier molecular flexibility index (Phi) is 3.73. The lowest BCUT2D eigenvalue weighted by Crippen LogP contribution is -2.38. The first-order valence-corrected chi connectivity index (χ1v) is 5.57. The Labute approximate surface area is 111 Å². The van der Waals surface area contributed by atoms with Gasteiger partial charge in [0.1, 0.15) is 0 Å². The van der Waals surface area contributed by atoms with Gasteiger partial charge in [-0.2, -0.15) is 13.2 Å². The molecule has 0 radical (unpaired) electrons. The third-order valence-corrected chi connectivity index (χ3v) is 2.57. The number of pyridine rings is 1.